The lowest BCUT2D eigenvalue weighted by atomic mass is 9.98. The SMILES string of the molecule is CCOc1ccc(Oc2ccc(NC(=O)[C@@H](NC(N)=O)[C@@H](C)CC)cc2)cc1. The Morgan fingerprint density at radius 1 is 0.964 bits per heavy atom. The van der Waals surface area contributed by atoms with Crippen LogP contribution < -0.4 is 25.8 Å². The van der Waals surface area contributed by atoms with Gasteiger partial charge in [-0.2, -0.15) is 0 Å². The van der Waals surface area contributed by atoms with E-state index in [1.807, 2.05) is 45.0 Å². The number of hydrogen-bond donors (Lipinski definition) is 3. The van der Waals surface area contributed by atoms with E-state index in [0.717, 1.165) is 12.2 Å². The molecular formula is C21H27N3O4. The molecular weight excluding hydrogens is 358 g/mol. The molecule has 4 N–H and O–H groups in total. The third-order valence-corrected chi connectivity index (χ3v) is 4.29. The molecule has 0 heterocycles. The summed E-state index contributed by atoms with van der Waals surface area (Å²) in [7, 11) is 0. The van der Waals surface area contributed by atoms with Crippen molar-refractivity contribution < 1.29 is 19.1 Å². The van der Waals surface area contributed by atoms with Gasteiger partial charge in [0.05, 0.1) is 6.61 Å². The average Bonchev–Trinajstić information content (AvgIpc) is 2.68. The molecule has 0 saturated heterocycles. The van der Waals surface area contributed by atoms with Crippen LogP contribution in [0.25, 0.3) is 0 Å². The fourth-order valence-electron chi connectivity index (χ4n) is 2.59. The van der Waals surface area contributed by atoms with Crippen LogP contribution in [0.2, 0.25) is 0 Å². The number of primary amides is 1. The van der Waals surface area contributed by atoms with Crippen molar-refractivity contribution in [2.24, 2.45) is 11.7 Å². The van der Waals surface area contributed by atoms with Gasteiger partial charge < -0.3 is 25.8 Å². The molecule has 7 heteroatoms. The van der Waals surface area contributed by atoms with Crippen molar-refractivity contribution in [3.8, 4) is 17.2 Å². The van der Waals surface area contributed by atoms with Gasteiger partial charge in [0.25, 0.3) is 0 Å². The highest BCUT2D eigenvalue weighted by molar-refractivity contribution is 5.97. The van der Waals surface area contributed by atoms with Crippen molar-refractivity contribution in [3.63, 3.8) is 0 Å². The zero-order valence-electron chi connectivity index (χ0n) is 16.4. The zero-order valence-corrected chi connectivity index (χ0v) is 16.4. The van der Waals surface area contributed by atoms with Crippen molar-refractivity contribution >= 4 is 17.6 Å². The van der Waals surface area contributed by atoms with Crippen LogP contribution in [0.1, 0.15) is 27.2 Å². The largest absolute Gasteiger partial charge is 0.494 e. The molecule has 28 heavy (non-hydrogen) atoms. The number of hydrogen-bond acceptors (Lipinski definition) is 4. The molecule has 0 aliphatic carbocycles. The third-order valence-electron chi connectivity index (χ3n) is 4.29. The second-order valence-corrected chi connectivity index (χ2v) is 6.39. The number of rotatable bonds is 9. The summed E-state index contributed by atoms with van der Waals surface area (Å²) >= 11 is 0. The first kappa shape index (κ1) is 21.1. The summed E-state index contributed by atoms with van der Waals surface area (Å²) < 4.78 is 11.2. The van der Waals surface area contributed by atoms with Crippen molar-refractivity contribution in [3.05, 3.63) is 48.5 Å². The summed E-state index contributed by atoms with van der Waals surface area (Å²) in [6, 6.07) is 12.9. The van der Waals surface area contributed by atoms with Crippen LogP contribution in [0.4, 0.5) is 10.5 Å². The number of nitrogens with one attached hydrogen (secondary N) is 2. The van der Waals surface area contributed by atoms with E-state index in [4.69, 9.17) is 15.2 Å². The second kappa shape index (κ2) is 10.2. The van der Waals surface area contributed by atoms with Crippen LogP contribution >= 0.6 is 0 Å². The molecule has 0 saturated carbocycles. The number of carbonyl (C=O) groups is 2. The number of urea groups is 1. The summed E-state index contributed by atoms with van der Waals surface area (Å²) in [5.41, 5.74) is 5.78. The van der Waals surface area contributed by atoms with Gasteiger partial charge in [-0.3, -0.25) is 4.79 Å². The number of ether oxygens (including phenoxy) is 2. The molecule has 0 spiro atoms. The Morgan fingerprint density at radius 3 is 2.00 bits per heavy atom. The molecule has 0 aliphatic rings. The molecule has 7 nitrogen and oxygen atoms in total. The lowest BCUT2D eigenvalue weighted by Crippen LogP contribution is -2.49. The van der Waals surface area contributed by atoms with E-state index in [0.29, 0.717) is 23.8 Å². The van der Waals surface area contributed by atoms with Crippen molar-refractivity contribution in [2.45, 2.75) is 33.2 Å². The summed E-state index contributed by atoms with van der Waals surface area (Å²) in [4.78, 5) is 23.7. The van der Waals surface area contributed by atoms with Crippen LogP contribution in [0.15, 0.2) is 48.5 Å². The minimum absolute atomic E-state index is 0.0465. The highest BCUT2D eigenvalue weighted by atomic mass is 16.5. The first-order valence-corrected chi connectivity index (χ1v) is 9.30. The third kappa shape index (κ3) is 6.19. The molecule has 2 aromatic carbocycles. The first-order valence-electron chi connectivity index (χ1n) is 9.30. The summed E-state index contributed by atoms with van der Waals surface area (Å²) in [5, 5.41) is 5.29. The van der Waals surface area contributed by atoms with Crippen LogP contribution in [0, 0.1) is 5.92 Å². The van der Waals surface area contributed by atoms with Crippen LogP contribution in [-0.2, 0) is 4.79 Å². The van der Waals surface area contributed by atoms with Crippen LogP contribution in [0.5, 0.6) is 17.2 Å². The Kier molecular flexibility index (Phi) is 7.68. The maximum Gasteiger partial charge on any atom is 0.312 e. The van der Waals surface area contributed by atoms with Gasteiger partial charge in [0.1, 0.15) is 23.3 Å². The minimum Gasteiger partial charge on any atom is -0.494 e. The summed E-state index contributed by atoms with van der Waals surface area (Å²) in [5.74, 6) is 1.75. The van der Waals surface area contributed by atoms with Gasteiger partial charge in [-0.15, -0.1) is 0 Å². The minimum atomic E-state index is -0.723. The van der Waals surface area contributed by atoms with E-state index in [2.05, 4.69) is 10.6 Å². The van der Waals surface area contributed by atoms with E-state index in [1.165, 1.54) is 0 Å². The monoisotopic (exact) mass is 385 g/mol. The number of nitrogens with two attached hydrogens (primary N) is 1. The number of amides is 3. The Bertz CT molecular complexity index is 775. The van der Waals surface area contributed by atoms with Gasteiger partial charge in [0.15, 0.2) is 0 Å². The van der Waals surface area contributed by atoms with Crippen molar-refractivity contribution in [1.82, 2.24) is 5.32 Å². The maximum absolute atomic E-state index is 12.5. The van der Waals surface area contributed by atoms with E-state index in [1.54, 1.807) is 24.3 Å². The van der Waals surface area contributed by atoms with Crippen molar-refractivity contribution in [1.29, 1.82) is 0 Å². The second-order valence-electron chi connectivity index (χ2n) is 6.39. The lowest BCUT2D eigenvalue weighted by molar-refractivity contribution is -0.119. The van der Waals surface area contributed by atoms with Crippen LogP contribution in [-0.4, -0.2) is 24.6 Å². The molecule has 0 bridgehead atoms. The predicted octanol–water partition coefficient (Wildman–Crippen LogP) is 3.90. The standard InChI is InChI=1S/C21H27N3O4/c1-4-14(3)19(24-21(22)26)20(25)23-15-6-8-17(9-7-15)28-18-12-10-16(11-13-18)27-5-2/h6-14,19H,4-5H2,1-3H3,(H,23,25)(H3,22,24,26)/t14-,19-/m0/s1. The molecule has 150 valence electrons. The molecule has 0 radical (unpaired) electrons. The highest BCUT2D eigenvalue weighted by Gasteiger charge is 2.25. The molecule has 2 rings (SSSR count). The smallest absolute Gasteiger partial charge is 0.312 e. The van der Waals surface area contributed by atoms with Gasteiger partial charge in [0, 0.05) is 5.69 Å². The first-order chi connectivity index (χ1) is 13.4. The fraction of sp³-hybridized carbons (Fsp3) is 0.333. The van der Waals surface area contributed by atoms with E-state index in [9.17, 15) is 9.59 Å². The van der Waals surface area contributed by atoms with Gasteiger partial charge in [-0.25, -0.2) is 4.79 Å². The summed E-state index contributed by atoms with van der Waals surface area (Å²) in [6.45, 7) is 6.37. The fourth-order valence-corrected chi connectivity index (χ4v) is 2.59. The number of anilines is 1. The molecule has 0 fully saturated rings. The van der Waals surface area contributed by atoms with Gasteiger partial charge in [-0.1, -0.05) is 20.3 Å². The Hall–Kier alpha value is -3.22. The van der Waals surface area contributed by atoms with Gasteiger partial charge in [-0.05, 0) is 61.4 Å². The quantitative estimate of drug-likeness (QED) is 0.609. The molecule has 0 aliphatic heterocycles. The average molecular weight is 385 g/mol. The van der Waals surface area contributed by atoms with Gasteiger partial charge >= 0.3 is 6.03 Å². The normalized spacial score (nSPS) is 12.5. The maximum atomic E-state index is 12.5. The highest BCUT2D eigenvalue weighted by Crippen LogP contribution is 2.25. The van der Waals surface area contributed by atoms with Gasteiger partial charge in [0.2, 0.25) is 5.91 Å². The van der Waals surface area contributed by atoms with E-state index in [-0.39, 0.29) is 11.8 Å². The van der Waals surface area contributed by atoms with Crippen molar-refractivity contribution in [2.75, 3.05) is 11.9 Å². The Balaban J connectivity index is 1.99. The molecule has 2 aromatic rings. The lowest BCUT2D eigenvalue weighted by Gasteiger charge is -2.22. The molecule has 3 amide bonds. The van der Waals surface area contributed by atoms with E-state index >= 15 is 0 Å². The Labute approximate surface area is 165 Å². The molecule has 0 unspecified atom stereocenters. The molecule has 0 aromatic heterocycles. The Morgan fingerprint density at radius 2 is 1.50 bits per heavy atom. The zero-order chi connectivity index (χ0) is 20.5. The summed E-state index contributed by atoms with van der Waals surface area (Å²) in [6.07, 6.45) is 0.729. The van der Waals surface area contributed by atoms with Crippen LogP contribution in [0.3, 0.4) is 0 Å². The predicted molar refractivity (Wildman–Crippen MR) is 109 cm³/mol. The topological polar surface area (TPSA) is 103 Å². The van der Waals surface area contributed by atoms with E-state index < -0.39 is 12.1 Å². The number of carbonyl (C=O) groups excluding carboxylic acids is 2. The molecule has 2 atom stereocenters. The number of benzene rings is 2.